The average molecular weight is 284 g/mol. The maximum atomic E-state index is 11.3. The molecule has 0 heterocycles. The third-order valence-electron chi connectivity index (χ3n) is 3.62. The van der Waals surface area contributed by atoms with Gasteiger partial charge in [0.15, 0.2) is 0 Å². The van der Waals surface area contributed by atoms with Crippen LogP contribution in [0.4, 0.5) is 0 Å². The molecule has 0 aromatic carbocycles. The van der Waals surface area contributed by atoms with Crippen LogP contribution in [0.15, 0.2) is 11.6 Å². The largest absolute Gasteiger partial charge is 0.481 e. The molecule has 0 radical (unpaired) electrons. The van der Waals surface area contributed by atoms with Crippen molar-refractivity contribution in [3.8, 4) is 0 Å². The fourth-order valence-electron chi connectivity index (χ4n) is 2.48. The molecule has 0 rings (SSSR count). The van der Waals surface area contributed by atoms with E-state index in [1.54, 1.807) is 13.8 Å². The highest BCUT2D eigenvalue weighted by molar-refractivity contribution is 5.78. The molecule has 0 bridgehead atoms. The monoisotopic (exact) mass is 284 g/mol. The summed E-state index contributed by atoms with van der Waals surface area (Å²) in [5.74, 6) is -3.02. The Morgan fingerprint density at radius 1 is 1.15 bits per heavy atom. The molecule has 0 aromatic heterocycles. The zero-order chi connectivity index (χ0) is 15.8. The normalized spacial score (nSPS) is 14.1. The summed E-state index contributed by atoms with van der Waals surface area (Å²) in [4.78, 5) is 22.1. The van der Waals surface area contributed by atoms with Gasteiger partial charge in [-0.15, -0.1) is 0 Å². The fraction of sp³-hybridized carbons (Fsp3) is 0.750. The molecule has 0 saturated carbocycles. The van der Waals surface area contributed by atoms with Crippen molar-refractivity contribution in [1.29, 1.82) is 0 Å². The molecule has 0 amide bonds. The van der Waals surface area contributed by atoms with E-state index in [4.69, 9.17) is 5.11 Å². The second kappa shape index (κ2) is 8.77. The van der Waals surface area contributed by atoms with Gasteiger partial charge in [0.05, 0.1) is 12.3 Å². The summed E-state index contributed by atoms with van der Waals surface area (Å²) in [6.07, 6.45) is 7.22. The lowest BCUT2D eigenvalue weighted by Gasteiger charge is -2.28. The van der Waals surface area contributed by atoms with Gasteiger partial charge in [-0.2, -0.15) is 0 Å². The molecule has 1 unspecified atom stereocenters. The SMILES string of the molecule is CCCCCCC(C)=CC(C)(C)C(CC(=O)O)C(=O)O. The van der Waals surface area contributed by atoms with Crippen LogP contribution in [0.1, 0.15) is 66.2 Å². The maximum absolute atomic E-state index is 11.3. The number of allylic oxidation sites excluding steroid dienone is 2. The Kier molecular flexibility index (Phi) is 8.19. The fourth-order valence-corrected chi connectivity index (χ4v) is 2.48. The number of carboxylic acids is 2. The van der Waals surface area contributed by atoms with Crippen molar-refractivity contribution >= 4 is 11.9 Å². The van der Waals surface area contributed by atoms with E-state index in [1.807, 2.05) is 13.0 Å². The van der Waals surface area contributed by atoms with E-state index >= 15 is 0 Å². The quantitative estimate of drug-likeness (QED) is 0.468. The summed E-state index contributed by atoms with van der Waals surface area (Å²) in [6.45, 7) is 7.75. The lowest BCUT2D eigenvalue weighted by molar-refractivity contribution is -0.151. The first-order valence-corrected chi connectivity index (χ1v) is 7.33. The van der Waals surface area contributed by atoms with Gasteiger partial charge >= 0.3 is 11.9 Å². The Morgan fingerprint density at radius 3 is 2.20 bits per heavy atom. The smallest absolute Gasteiger partial charge is 0.307 e. The summed E-state index contributed by atoms with van der Waals surface area (Å²) in [7, 11) is 0. The van der Waals surface area contributed by atoms with Gasteiger partial charge < -0.3 is 10.2 Å². The van der Waals surface area contributed by atoms with Crippen molar-refractivity contribution in [2.24, 2.45) is 11.3 Å². The highest BCUT2D eigenvalue weighted by Gasteiger charge is 2.35. The van der Waals surface area contributed by atoms with Gasteiger partial charge in [0.1, 0.15) is 0 Å². The molecular formula is C16H28O4. The van der Waals surface area contributed by atoms with Gasteiger partial charge in [-0.1, -0.05) is 51.7 Å². The maximum Gasteiger partial charge on any atom is 0.307 e. The Bertz CT molecular complexity index is 355. The van der Waals surface area contributed by atoms with E-state index in [9.17, 15) is 14.7 Å². The van der Waals surface area contributed by atoms with Crippen LogP contribution in [0.5, 0.6) is 0 Å². The molecular weight excluding hydrogens is 256 g/mol. The van der Waals surface area contributed by atoms with E-state index in [1.165, 1.54) is 19.3 Å². The van der Waals surface area contributed by atoms with Crippen molar-refractivity contribution in [2.45, 2.75) is 66.2 Å². The van der Waals surface area contributed by atoms with E-state index in [0.717, 1.165) is 18.4 Å². The van der Waals surface area contributed by atoms with Gasteiger partial charge in [0, 0.05) is 0 Å². The van der Waals surface area contributed by atoms with Crippen LogP contribution >= 0.6 is 0 Å². The van der Waals surface area contributed by atoms with Gasteiger partial charge in [0.25, 0.3) is 0 Å². The van der Waals surface area contributed by atoms with Gasteiger partial charge in [-0.05, 0) is 25.2 Å². The zero-order valence-corrected chi connectivity index (χ0v) is 13.1. The molecule has 0 aliphatic carbocycles. The molecule has 0 aliphatic rings. The molecule has 0 saturated heterocycles. The molecule has 0 fully saturated rings. The van der Waals surface area contributed by atoms with E-state index < -0.39 is 23.3 Å². The Labute approximate surface area is 121 Å². The molecule has 116 valence electrons. The predicted octanol–water partition coefficient (Wildman–Crippen LogP) is 4.10. The lowest BCUT2D eigenvalue weighted by atomic mass is 9.75. The van der Waals surface area contributed by atoms with Crippen LogP contribution in [-0.2, 0) is 9.59 Å². The number of carboxylic acid groups (broad SMARTS) is 2. The van der Waals surface area contributed by atoms with Crippen LogP contribution in [-0.4, -0.2) is 22.2 Å². The number of rotatable bonds is 10. The Hall–Kier alpha value is -1.32. The minimum absolute atomic E-state index is 0.345. The first-order chi connectivity index (χ1) is 9.20. The number of aliphatic carboxylic acids is 2. The number of unbranched alkanes of at least 4 members (excludes halogenated alkanes) is 3. The molecule has 1 atom stereocenters. The number of hydrogen-bond donors (Lipinski definition) is 2. The Balaban J connectivity index is 4.72. The highest BCUT2D eigenvalue weighted by Crippen LogP contribution is 2.33. The van der Waals surface area contributed by atoms with Crippen molar-refractivity contribution in [3.63, 3.8) is 0 Å². The minimum Gasteiger partial charge on any atom is -0.481 e. The van der Waals surface area contributed by atoms with Gasteiger partial charge in [-0.3, -0.25) is 9.59 Å². The summed E-state index contributed by atoms with van der Waals surface area (Å²) < 4.78 is 0. The van der Waals surface area contributed by atoms with Crippen molar-refractivity contribution in [2.75, 3.05) is 0 Å². The third-order valence-corrected chi connectivity index (χ3v) is 3.62. The lowest BCUT2D eigenvalue weighted by Crippen LogP contribution is -2.31. The summed E-state index contributed by atoms with van der Waals surface area (Å²) in [5, 5.41) is 18.1. The van der Waals surface area contributed by atoms with Crippen molar-refractivity contribution in [1.82, 2.24) is 0 Å². The van der Waals surface area contributed by atoms with Crippen LogP contribution in [0.3, 0.4) is 0 Å². The van der Waals surface area contributed by atoms with Gasteiger partial charge in [0.2, 0.25) is 0 Å². The zero-order valence-electron chi connectivity index (χ0n) is 13.1. The van der Waals surface area contributed by atoms with Crippen molar-refractivity contribution < 1.29 is 19.8 Å². The standard InChI is InChI=1S/C16H28O4/c1-5-6-7-8-9-12(2)11-16(3,4)13(15(19)20)10-14(17)18/h11,13H,5-10H2,1-4H3,(H,17,18)(H,19,20). The Morgan fingerprint density at radius 2 is 1.75 bits per heavy atom. The van der Waals surface area contributed by atoms with Gasteiger partial charge in [-0.25, -0.2) is 0 Å². The minimum atomic E-state index is -1.07. The summed E-state index contributed by atoms with van der Waals surface area (Å²) in [5.41, 5.74) is 0.488. The molecule has 20 heavy (non-hydrogen) atoms. The molecule has 2 N–H and O–H groups in total. The van der Waals surface area contributed by atoms with Crippen molar-refractivity contribution in [3.05, 3.63) is 11.6 Å². The molecule has 0 aliphatic heterocycles. The molecule has 4 nitrogen and oxygen atoms in total. The van der Waals surface area contributed by atoms with Crippen LogP contribution < -0.4 is 0 Å². The number of carbonyl (C=O) groups is 2. The average Bonchev–Trinajstić information content (AvgIpc) is 2.30. The predicted molar refractivity (Wildman–Crippen MR) is 79.7 cm³/mol. The summed E-state index contributed by atoms with van der Waals surface area (Å²) in [6, 6.07) is 0. The first-order valence-electron chi connectivity index (χ1n) is 7.33. The van der Waals surface area contributed by atoms with E-state index in [2.05, 4.69) is 6.92 Å². The van der Waals surface area contributed by atoms with E-state index in [-0.39, 0.29) is 6.42 Å². The molecule has 4 heteroatoms. The van der Waals surface area contributed by atoms with Crippen LogP contribution in [0.25, 0.3) is 0 Å². The first kappa shape index (κ1) is 18.7. The third kappa shape index (κ3) is 7.31. The second-order valence-corrected chi connectivity index (χ2v) is 6.11. The van der Waals surface area contributed by atoms with E-state index in [0.29, 0.717) is 0 Å². The highest BCUT2D eigenvalue weighted by atomic mass is 16.4. The second-order valence-electron chi connectivity index (χ2n) is 6.11. The number of hydrogen-bond acceptors (Lipinski definition) is 2. The van der Waals surface area contributed by atoms with Crippen LogP contribution in [0.2, 0.25) is 0 Å². The summed E-state index contributed by atoms with van der Waals surface area (Å²) >= 11 is 0. The topological polar surface area (TPSA) is 74.6 Å². The molecule has 0 spiro atoms. The van der Waals surface area contributed by atoms with Crippen LogP contribution in [0, 0.1) is 11.3 Å². The molecule has 0 aromatic rings.